The molecule has 2 aromatic carbocycles. The Morgan fingerprint density at radius 1 is 1.12 bits per heavy atom. The fourth-order valence-corrected chi connectivity index (χ4v) is 5.09. The van der Waals surface area contributed by atoms with E-state index >= 15 is 0 Å². The number of halogens is 1. The molecular formula is C25H24BrNO5. The van der Waals surface area contributed by atoms with E-state index in [1.165, 1.54) is 14.2 Å². The van der Waals surface area contributed by atoms with E-state index < -0.39 is 11.9 Å². The van der Waals surface area contributed by atoms with Gasteiger partial charge in [-0.25, -0.2) is 4.79 Å². The van der Waals surface area contributed by atoms with Crippen LogP contribution in [0.2, 0.25) is 0 Å². The summed E-state index contributed by atoms with van der Waals surface area (Å²) >= 11 is 3.36. The Balaban J connectivity index is 1.87. The monoisotopic (exact) mass is 497 g/mol. The molecule has 0 bridgehead atoms. The van der Waals surface area contributed by atoms with Crippen LogP contribution in [0.25, 0.3) is 0 Å². The number of ketones is 1. The zero-order chi connectivity index (χ0) is 23.0. The van der Waals surface area contributed by atoms with Crippen LogP contribution in [0.5, 0.6) is 11.5 Å². The highest BCUT2D eigenvalue weighted by Crippen LogP contribution is 2.48. The SMILES string of the molecule is COC(=O)C1=C(C)NC2=C(C(=O)C[C@@H](c3ccccc3)C2)[C@@H]1c1cc(Br)c(O)c(OC)c1. The van der Waals surface area contributed by atoms with Gasteiger partial charge in [0, 0.05) is 29.3 Å². The highest BCUT2D eigenvalue weighted by molar-refractivity contribution is 9.10. The summed E-state index contributed by atoms with van der Waals surface area (Å²) in [5.74, 6) is -0.888. The van der Waals surface area contributed by atoms with Gasteiger partial charge in [0.25, 0.3) is 0 Å². The lowest BCUT2D eigenvalue weighted by atomic mass is 9.71. The van der Waals surface area contributed by atoms with E-state index in [1.807, 2.05) is 37.3 Å². The van der Waals surface area contributed by atoms with Gasteiger partial charge in [0.1, 0.15) is 0 Å². The number of carbonyl (C=O) groups excluding carboxylic acids is 2. The van der Waals surface area contributed by atoms with Crippen LogP contribution in [0, 0.1) is 0 Å². The van der Waals surface area contributed by atoms with E-state index in [4.69, 9.17) is 9.47 Å². The van der Waals surface area contributed by atoms with E-state index in [0.29, 0.717) is 39.7 Å². The molecule has 32 heavy (non-hydrogen) atoms. The van der Waals surface area contributed by atoms with Crippen LogP contribution in [-0.2, 0) is 14.3 Å². The van der Waals surface area contributed by atoms with E-state index in [9.17, 15) is 14.7 Å². The van der Waals surface area contributed by atoms with Crippen molar-refractivity contribution >= 4 is 27.7 Å². The van der Waals surface area contributed by atoms with Crippen molar-refractivity contribution in [2.75, 3.05) is 14.2 Å². The second-order valence-electron chi connectivity index (χ2n) is 7.97. The summed E-state index contributed by atoms with van der Waals surface area (Å²) in [5, 5.41) is 13.6. The highest BCUT2D eigenvalue weighted by Gasteiger charge is 2.41. The number of carbonyl (C=O) groups is 2. The molecule has 0 aromatic heterocycles. The van der Waals surface area contributed by atoms with Crippen molar-refractivity contribution in [3.05, 3.63) is 80.6 Å². The molecule has 2 aromatic rings. The molecule has 6 nitrogen and oxygen atoms in total. The molecular weight excluding hydrogens is 474 g/mol. The maximum absolute atomic E-state index is 13.5. The average molecular weight is 498 g/mol. The molecule has 0 amide bonds. The number of Topliss-reactive ketones (excluding diaryl/α,β-unsaturated/α-hetero) is 1. The smallest absolute Gasteiger partial charge is 0.336 e. The largest absolute Gasteiger partial charge is 0.503 e. The topological polar surface area (TPSA) is 84.9 Å². The van der Waals surface area contributed by atoms with E-state index in [1.54, 1.807) is 12.1 Å². The zero-order valence-electron chi connectivity index (χ0n) is 18.1. The van der Waals surface area contributed by atoms with Crippen molar-refractivity contribution in [1.82, 2.24) is 5.32 Å². The fourth-order valence-electron chi connectivity index (χ4n) is 4.63. The second-order valence-corrected chi connectivity index (χ2v) is 8.83. The van der Waals surface area contributed by atoms with Gasteiger partial charge in [0.15, 0.2) is 17.3 Å². The molecule has 0 radical (unpaired) electrons. The Morgan fingerprint density at radius 3 is 2.50 bits per heavy atom. The summed E-state index contributed by atoms with van der Waals surface area (Å²) in [4.78, 5) is 26.3. The first kappa shape index (κ1) is 22.1. The number of rotatable bonds is 4. The van der Waals surface area contributed by atoms with Crippen LogP contribution >= 0.6 is 15.9 Å². The van der Waals surface area contributed by atoms with E-state index in [-0.39, 0.29) is 23.2 Å². The standard InChI is InChI=1S/C25H24BrNO5/c1-13-21(25(30)32-3)22(16-9-17(26)24(29)20(12-16)31-2)23-18(27-13)10-15(11-19(23)28)14-7-5-4-6-8-14/h4-9,12,15,22,27,29H,10-11H2,1-3H3/t15-,22+/m0/s1. The maximum Gasteiger partial charge on any atom is 0.336 e. The summed E-state index contributed by atoms with van der Waals surface area (Å²) in [6, 6.07) is 13.4. The molecule has 0 saturated carbocycles. The summed E-state index contributed by atoms with van der Waals surface area (Å²) in [6.45, 7) is 1.81. The first-order valence-electron chi connectivity index (χ1n) is 10.3. The molecule has 0 fully saturated rings. The second kappa shape index (κ2) is 8.82. The predicted molar refractivity (Wildman–Crippen MR) is 123 cm³/mol. The fraction of sp³-hybridized carbons (Fsp3) is 0.280. The van der Waals surface area contributed by atoms with Crippen LogP contribution in [0.4, 0.5) is 0 Å². The van der Waals surface area contributed by atoms with E-state index in [2.05, 4.69) is 21.2 Å². The van der Waals surface area contributed by atoms with Crippen LogP contribution < -0.4 is 10.1 Å². The zero-order valence-corrected chi connectivity index (χ0v) is 19.7. The molecule has 2 aliphatic rings. The maximum atomic E-state index is 13.5. The number of esters is 1. The van der Waals surface area contributed by atoms with Gasteiger partial charge in [-0.2, -0.15) is 0 Å². The number of methoxy groups -OCH3 is 2. The van der Waals surface area contributed by atoms with Crippen molar-refractivity contribution in [2.24, 2.45) is 0 Å². The Labute approximate surface area is 195 Å². The molecule has 1 aliphatic carbocycles. The molecule has 1 heterocycles. The minimum atomic E-state index is -0.631. The van der Waals surface area contributed by atoms with Gasteiger partial charge >= 0.3 is 5.97 Å². The normalized spacial score (nSPS) is 20.6. The predicted octanol–water partition coefficient (Wildman–Crippen LogP) is 4.70. The summed E-state index contributed by atoms with van der Waals surface area (Å²) in [6.07, 6.45) is 1.01. The highest BCUT2D eigenvalue weighted by atomic mass is 79.9. The van der Waals surface area contributed by atoms with Crippen LogP contribution in [0.3, 0.4) is 0 Å². The minimum Gasteiger partial charge on any atom is -0.503 e. The number of phenolic OH excluding ortho intramolecular Hbond substituents is 1. The van der Waals surface area contributed by atoms with Crippen LogP contribution in [-0.4, -0.2) is 31.1 Å². The van der Waals surface area contributed by atoms with E-state index in [0.717, 1.165) is 11.3 Å². The molecule has 1 aliphatic heterocycles. The third-order valence-electron chi connectivity index (χ3n) is 6.11. The molecule has 0 saturated heterocycles. The van der Waals surface area contributed by atoms with Gasteiger partial charge in [-0.05, 0) is 58.5 Å². The Hall–Kier alpha value is -3.06. The molecule has 2 N–H and O–H groups in total. The number of ether oxygens (including phenoxy) is 2. The van der Waals surface area contributed by atoms with Gasteiger partial charge in [0.2, 0.25) is 0 Å². The quantitative estimate of drug-likeness (QED) is 0.595. The number of hydrogen-bond donors (Lipinski definition) is 2. The lowest BCUT2D eigenvalue weighted by molar-refractivity contribution is -0.136. The Bertz CT molecular complexity index is 1150. The first-order valence-corrected chi connectivity index (χ1v) is 11.1. The number of nitrogens with one attached hydrogen (secondary N) is 1. The molecule has 166 valence electrons. The third-order valence-corrected chi connectivity index (χ3v) is 6.71. The molecule has 4 rings (SSSR count). The minimum absolute atomic E-state index is 0.0188. The van der Waals surface area contributed by atoms with Gasteiger partial charge < -0.3 is 19.9 Å². The van der Waals surface area contributed by atoms with Crippen molar-refractivity contribution in [3.8, 4) is 11.5 Å². The summed E-state index contributed by atoms with van der Waals surface area (Å²) in [7, 11) is 2.78. The first-order chi connectivity index (χ1) is 15.3. The number of phenols is 1. The summed E-state index contributed by atoms with van der Waals surface area (Å²) < 4.78 is 10.8. The van der Waals surface area contributed by atoms with Crippen molar-refractivity contribution in [1.29, 1.82) is 0 Å². The van der Waals surface area contributed by atoms with Gasteiger partial charge in [0.05, 0.1) is 24.3 Å². The number of aromatic hydroxyl groups is 1. The number of dihydropyridines is 1. The lowest BCUT2D eigenvalue weighted by Crippen LogP contribution is -2.36. The van der Waals surface area contributed by atoms with Crippen molar-refractivity contribution < 1.29 is 24.2 Å². The van der Waals surface area contributed by atoms with Gasteiger partial charge in [-0.3, -0.25) is 4.79 Å². The van der Waals surface area contributed by atoms with Crippen LogP contribution in [0.1, 0.15) is 42.7 Å². The number of benzene rings is 2. The molecule has 7 heteroatoms. The molecule has 0 unspecified atom stereocenters. The van der Waals surface area contributed by atoms with Gasteiger partial charge in [-0.15, -0.1) is 0 Å². The Morgan fingerprint density at radius 2 is 1.84 bits per heavy atom. The summed E-state index contributed by atoms with van der Waals surface area (Å²) in [5.41, 5.74) is 4.16. The lowest BCUT2D eigenvalue weighted by Gasteiger charge is -2.36. The Kier molecular flexibility index (Phi) is 6.11. The average Bonchev–Trinajstić information content (AvgIpc) is 2.79. The third kappa shape index (κ3) is 3.81. The number of hydrogen-bond acceptors (Lipinski definition) is 6. The van der Waals surface area contributed by atoms with Crippen LogP contribution in [0.15, 0.2) is 69.5 Å². The molecule has 2 atom stereocenters. The molecule has 0 spiro atoms. The van der Waals surface area contributed by atoms with Crippen molar-refractivity contribution in [2.45, 2.75) is 31.6 Å². The van der Waals surface area contributed by atoms with Crippen molar-refractivity contribution in [3.63, 3.8) is 0 Å². The van der Waals surface area contributed by atoms with Gasteiger partial charge in [-0.1, -0.05) is 30.3 Å². The number of allylic oxidation sites excluding steroid dienone is 3.